The fourth-order valence-electron chi connectivity index (χ4n) is 0.900. The molecule has 13 heavy (non-hydrogen) atoms. The molecule has 1 aromatic heterocycles. The van der Waals surface area contributed by atoms with E-state index in [2.05, 4.69) is 28.6 Å². The molecule has 0 spiro atoms. The van der Waals surface area contributed by atoms with E-state index in [9.17, 15) is 0 Å². The van der Waals surface area contributed by atoms with Crippen molar-refractivity contribution in [2.75, 3.05) is 37.7 Å². The smallest absolute Gasteiger partial charge is 0.139 e. The second-order valence-electron chi connectivity index (χ2n) is 2.94. The van der Waals surface area contributed by atoms with E-state index in [1.165, 1.54) is 11.5 Å². The van der Waals surface area contributed by atoms with Gasteiger partial charge in [-0.1, -0.05) is 6.92 Å². The van der Waals surface area contributed by atoms with Crippen LogP contribution in [-0.2, 0) is 0 Å². The zero-order valence-corrected chi connectivity index (χ0v) is 8.90. The van der Waals surface area contributed by atoms with E-state index in [0.29, 0.717) is 5.82 Å². The summed E-state index contributed by atoms with van der Waals surface area (Å²) in [4.78, 5) is 2.25. The summed E-state index contributed by atoms with van der Waals surface area (Å²) in [6.07, 6.45) is 0. The van der Waals surface area contributed by atoms with Crippen LogP contribution in [0.3, 0.4) is 0 Å². The summed E-state index contributed by atoms with van der Waals surface area (Å²) in [5.74, 6) is 0.594. The molecule has 0 aliphatic carbocycles. The van der Waals surface area contributed by atoms with Crippen LogP contribution in [0.2, 0.25) is 0 Å². The van der Waals surface area contributed by atoms with E-state index < -0.39 is 0 Å². The van der Waals surface area contributed by atoms with Gasteiger partial charge in [0.05, 0.1) is 0 Å². The summed E-state index contributed by atoms with van der Waals surface area (Å²) in [6, 6.07) is 1.86. The van der Waals surface area contributed by atoms with Crippen LogP contribution < -0.4 is 11.1 Å². The van der Waals surface area contributed by atoms with Crippen molar-refractivity contribution >= 4 is 22.4 Å². The quantitative estimate of drug-likeness (QED) is 0.747. The van der Waals surface area contributed by atoms with Gasteiger partial charge in [0.1, 0.15) is 10.8 Å². The number of hydrogen-bond acceptors (Lipinski definition) is 5. The number of nitrogen functional groups attached to an aromatic ring is 1. The van der Waals surface area contributed by atoms with Gasteiger partial charge >= 0.3 is 0 Å². The van der Waals surface area contributed by atoms with Crippen LogP contribution in [0.15, 0.2) is 6.07 Å². The first-order valence-electron chi connectivity index (χ1n) is 4.37. The van der Waals surface area contributed by atoms with Crippen molar-refractivity contribution in [3.8, 4) is 0 Å². The third kappa shape index (κ3) is 3.61. The van der Waals surface area contributed by atoms with Gasteiger partial charge in [0.15, 0.2) is 0 Å². The normalized spacial score (nSPS) is 10.7. The lowest BCUT2D eigenvalue weighted by atomic mass is 10.5. The van der Waals surface area contributed by atoms with Gasteiger partial charge in [-0.05, 0) is 25.1 Å². The molecular formula is C8H16N4S. The standard InChI is InChI=1S/C8H16N4S/c1-3-12(2)5-4-10-8-6-7(9)11-13-8/h6,10H,3-5H2,1-2H3,(H2,9,11). The highest BCUT2D eigenvalue weighted by Gasteiger charge is 1.98. The molecule has 3 N–H and O–H groups in total. The maximum atomic E-state index is 5.49. The lowest BCUT2D eigenvalue weighted by Gasteiger charge is -2.13. The molecule has 0 aliphatic rings. The summed E-state index contributed by atoms with van der Waals surface area (Å²) in [6.45, 7) is 5.19. The highest BCUT2D eigenvalue weighted by Crippen LogP contribution is 2.16. The predicted molar refractivity (Wildman–Crippen MR) is 58.2 cm³/mol. The molecule has 0 saturated carbocycles. The van der Waals surface area contributed by atoms with E-state index in [1.54, 1.807) is 0 Å². The lowest BCUT2D eigenvalue weighted by Crippen LogP contribution is -2.24. The van der Waals surface area contributed by atoms with Crippen molar-refractivity contribution < 1.29 is 0 Å². The van der Waals surface area contributed by atoms with Gasteiger partial charge in [0, 0.05) is 19.2 Å². The summed E-state index contributed by atoms with van der Waals surface area (Å²) in [5, 5.41) is 4.31. The minimum atomic E-state index is 0.594. The molecule has 5 heteroatoms. The van der Waals surface area contributed by atoms with E-state index in [1.807, 2.05) is 6.07 Å². The summed E-state index contributed by atoms with van der Waals surface area (Å²) in [5.41, 5.74) is 5.49. The topological polar surface area (TPSA) is 54.2 Å². The maximum Gasteiger partial charge on any atom is 0.139 e. The van der Waals surface area contributed by atoms with E-state index in [4.69, 9.17) is 5.73 Å². The van der Waals surface area contributed by atoms with Gasteiger partial charge in [0.2, 0.25) is 0 Å². The zero-order chi connectivity index (χ0) is 9.68. The number of hydrogen-bond donors (Lipinski definition) is 2. The van der Waals surface area contributed by atoms with Crippen LogP contribution in [0.5, 0.6) is 0 Å². The number of nitrogens with two attached hydrogens (primary N) is 1. The second-order valence-corrected chi connectivity index (χ2v) is 3.74. The van der Waals surface area contributed by atoms with Gasteiger partial charge in [-0.25, -0.2) is 0 Å². The molecule has 4 nitrogen and oxygen atoms in total. The molecule has 0 fully saturated rings. The van der Waals surface area contributed by atoms with E-state index in [-0.39, 0.29) is 0 Å². The van der Waals surface area contributed by atoms with Crippen molar-refractivity contribution in [1.82, 2.24) is 9.27 Å². The molecule has 1 rings (SSSR count). The Morgan fingerprint density at radius 1 is 1.69 bits per heavy atom. The average Bonchev–Trinajstić information content (AvgIpc) is 2.51. The Balaban J connectivity index is 2.20. The molecule has 1 aromatic rings. The Bertz CT molecular complexity index is 248. The van der Waals surface area contributed by atoms with Crippen LogP contribution in [0.1, 0.15) is 6.92 Å². The molecule has 0 radical (unpaired) electrons. The van der Waals surface area contributed by atoms with Crippen molar-refractivity contribution in [1.29, 1.82) is 0 Å². The highest BCUT2D eigenvalue weighted by molar-refractivity contribution is 7.10. The van der Waals surface area contributed by atoms with Gasteiger partial charge in [-0.3, -0.25) is 0 Å². The van der Waals surface area contributed by atoms with E-state index in [0.717, 1.165) is 24.6 Å². The number of aromatic nitrogens is 1. The minimum absolute atomic E-state index is 0.594. The third-order valence-electron chi connectivity index (χ3n) is 1.86. The number of nitrogens with one attached hydrogen (secondary N) is 1. The van der Waals surface area contributed by atoms with Gasteiger partial charge in [0.25, 0.3) is 0 Å². The number of rotatable bonds is 5. The van der Waals surface area contributed by atoms with Crippen LogP contribution in [0, 0.1) is 0 Å². The van der Waals surface area contributed by atoms with Crippen molar-refractivity contribution in [3.63, 3.8) is 0 Å². The molecular weight excluding hydrogens is 184 g/mol. The first-order chi connectivity index (χ1) is 6.22. The van der Waals surface area contributed by atoms with Crippen LogP contribution in [-0.4, -0.2) is 36.0 Å². The van der Waals surface area contributed by atoms with Crippen molar-refractivity contribution in [2.45, 2.75) is 6.92 Å². The molecule has 0 bridgehead atoms. The maximum absolute atomic E-state index is 5.49. The first-order valence-corrected chi connectivity index (χ1v) is 5.14. The van der Waals surface area contributed by atoms with Crippen LogP contribution in [0.25, 0.3) is 0 Å². The zero-order valence-electron chi connectivity index (χ0n) is 8.08. The molecule has 0 aromatic carbocycles. The van der Waals surface area contributed by atoms with Crippen molar-refractivity contribution in [2.24, 2.45) is 0 Å². The van der Waals surface area contributed by atoms with Gasteiger partial charge in [-0.2, -0.15) is 4.37 Å². The molecule has 0 atom stereocenters. The molecule has 0 amide bonds. The Morgan fingerprint density at radius 2 is 2.46 bits per heavy atom. The number of likely N-dealkylation sites (N-methyl/N-ethyl adjacent to an activating group) is 1. The van der Waals surface area contributed by atoms with Gasteiger partial charge in [-0.15, -0.1) is 0 Å². The fourth-order valence-corrected chi connectivity index (χ4v) is 1.50. The van der Waals surface area contributed by atoms with Crippen molar-refractivity contribution in [3.05, 3.63) is 6.07 Å². The first kappa shape index (κ1) is 10.3. The average molecular weight is 200 g/mol. The predicted octanol–water partition coefficient (Wildman–Crippen LogP) is 1.09. The highest BCUT2D eigenvalue weighted by atomic mass is 32.1. The second kappa shape index (κ2) is 5.04. The molecule has 0 unspecified atom stereocenters. The molecule has 0 aliphatic heterocycles. The Morgan fingerprint density at radius 3 is 3.00 bits per heavy atom. The largest absolute Gasteiger partial charge is 0.383 e. The molecule has 1 heterocycles. The minimum Gasteiger partial charge on any atom is -0.383 e. The molecule has 0 saturated heterocycles. The number of anilines is 2. The Hall–Kier alpha value is -0.810. The Labute approximate surface area is 82.9 Å². The van der Waals surface area contributed by atoms with Gasteiger partial charge < -0.3 is 16.0 Å². The van der Waals surface area contributed by atoms with Crippen LogP contribution >= 0.6 is 11.5 Å². The summed E-state index contributed by atoms with van der Waals surface area (Å²) >= 11 is 1.40. The summed E-state index contributed by atoms with van der Waals surface area (Å²) < 4.78 is 3.98. The fraction of sp³-hybridized carbons (Fsp3) is 0.625. The Kier molecular flexibility index (Phi) is 3.98. The van der Waals surface area contributed by atoms with Crippen LogP contribution in [0.4, 0.5) is 10.8 Å². The van der Waals surface area contributed by atoms with E-state index >= 15 is 0 Å². The molecule has 74 valence electrons. The number of nitrogens with zero attached hydrogens (tertiary/aromatic N) is 2. The SMILES string of the molecule is CCN(C)CCNc1cc(N)ns1. The summed E-state index contributed by atoms with van der Waals surface area (Å²) in [7, 11) is 2.10. The third-order valence-corrected chi connectivity index (χ3v) is 2.62. The lowest BCUT2D eigenvalue weighted by molar-refractivity contribution is 0.367. The monoisotopic (exact) mass is 200 g/mol.